The van der Waals surface area contributed by atoms with Crippen LogP contribution in [0.15, 0.2) is 24.3 Å². The summed E-state index contributed by atoms with van der Waals surface area (Å²) in [7, 11) is 0. The zero-order valence-corrected chi connectivity index (χ0v) is 11.0. The Morgan fingerprint density at radius 1 is 1.17 bits per heavy atom. The predicted molar refractivity (Wildman–Crippen MR) is 67.3 cm³/mol. The number of carbonyl (C=O) groups is 2. The maximum absolute atomic E-state index is 11.8. The Hall–Kier alpha value is -1.58. The predicted octanol–water partition coefficient (Wildman–Crippen LogP) is 2.95. The van der Waals surface area contributed by atoms with E-state index in [-0.39, 0.29) is 5.92 Å². The maximum Gasteiger partial charge on any atom is 0.382 e. The molecule has 0 radical (unpaired) electrons. The number of rotatable bonds is 3. The van der Waals surface area contributed by atoms with Gasteiger partial charge in [0.05, 0.1) is 0 Å². The summed E-state index contributed by atoms with van der Waals surface area (Å²) in [6, 6.07) is 0. The van der Waals surface area contributed by atoms with Gasteiger partial charge in [0.25, 0.3) is 0 Å². The van der Waals surface area contributed by atoms with Crippen LogP contribution in [-0.4, -0.2) is 11.9 Å². The summed E-state index contributed by atoms with van der Waals surface area (Å²) in [5.41, 5.74) is 0.596. The highest BCUT2D eigenvalue weighted by Gasteiger charge is 2.27. The molecule has 0 bridgehead atoms. The van der Waals surface area contributed by atoms with Crippen molar-refractivity contribution in [3.63, 3.8) is 0 Å². The van der Waals surface area contributed by atoms with Crippen molar-refractivity contribution in [1.29, 1.82) is 0 Å². The van der Waals surface area contributed by atoms with Crippen molar-refractivity contribution < 1.29 is 19.4 Å². The smallest absolute Gasteiger partial charge is 0.242 e. The van der Waals surface area contributed by atoms with Crippen LogP contribution < -0.4 is 0 Å². The first kappa shape index (κ1) is 14.5. The van der Waals surface area contributed by atoms with Gasteiger partial charge in [-0.25, -0.2) is 19.4 Å². The minimum Gasteiger partial charge on any atom is -0.242 e. The van der Waals surface area contributed by atoms with Crippen molar-refractivity contribution in [3.8, 4) is 0 Å². The molecule has 0 unspecified atom stereocenters. The molecular formula is C14H20O4. The fourth-order valence-electron chi connectivity index (χ4n) is 2.25. The van der Waals surface area contributed by atoms with Gasteiger partial charge in [0, 0.05) is 11.6 Å². The normalized spacial score (nSPS) is 24.2. The second kappa shape index (κ2) is 6.99. The van der Waals surface area contributed by atoms with Crippen molar-refractivity contribution in [2.45, 2.75) is 39.5 Å². The van der Waals surface area contributed by atoms with E-state index in [2.05, 4.69) is 23.3 Å². The summed E-state index contributed by atoms with van der Waals surface area (Å²) in [4.78, 5) is 31.4. The van der Waals surface area contributed by atoms with Crippen molar-refractivity contribution in [2.24, 2.45) is 11.8 Å². The summed E-state index contributed by atoms with van der Waals surface area (Å²) in [5, 5.41) is 0. The Labute approximate surface area is 108 Å². The van der Waals surface area contributed by atoms with Crippen LogP contribution in [0.5, 0.6) is 0 Å². The highest BCUT2D eigenvalue weighted by atomic mass is 17.2. The monoisotopic (exact) mass is 252 g/mol. The van der Waals surface area contributed by atoms with Gasteiger partial charge in [0.1, 0.15) is 0 Å². The Morgan fingerprint density at radius 3 is 2.28 bits per heavy atom. The first-order valence-electron chi connectivity index (χ1n) is 6.30. The fraction of sp³-hybridized carbons (Fsp3) is 0.571. The molecule has 1 fully saturated rings. The first-order valence-corrected chi connectivity index (χ1v) is 6.30. The average molecular weight is 252 g/mol. The SMILES string of the molecule is C=CC(=O)OOC(=O)/C(=C/C)C1CCC(C)CC1. The van der Waals surface area contributed by atoms with E-state index in [0.29, 0.717) is 11.5 Å². The van der Waals surface area contributed by atoms with Crippen LogP contribution in [0.1, 0.15) is 39.5 Å². The molecular weight excluding hydrogens is 232 g/mol. The van der Waals surface area contributed by atoms with Crippen LogP contribution >= 0.6 is 0 Å². The third kappa shape index (κ3) is 4.02. The van der Waals surface area contributed by atoms with E-state index in [9.17, 15) is 9.59 Å². The Morgan fingerprint density at radius 2 is 1.78 bits per heavy atom. The lowest BCUT2D eigenvalue weighted by atomic mass is 9.79. The molecule has 0 aromatic carbocycles. The molecule has 0 atom stereocenters. The van der Waals surface area contributed by atoms with Crippen molar-refractivity contribution in [3.05, 3.63) is 24.3 Å². The average Bonchev–Trinajstić information content (AvgIpc) is 2.39. The zero-order valence-electron chi connectivity index (χ0n) is 11.0. The molecule has 0 aromatic heterocycles. The van der Waals surface area contributed by atoms with Crippen molar-refractivity contribution >= 4 is 11.9 Å². The van der Waals surface area contributed by atoms with Crippen molar-refractivity contribution in [1.82, 2.24) is 0 Å². The zero-order chi connectivity index (χ0) is 13.5. The number of allylic oxidation sites excluding steroid dienone is 1. The first-order chi connectivity index (χ1) is 8.58. The summed E-state index contributed by atoms with van der Waals surface area (Å²) in [5.74, 6) is -0.418. The topological polar surface area (TPSA) is 52.6 Å². The summed E-state index contributed by atoms with van der Waals surface area (Å²) in [6.07, 6.45) is 6.87. The van der Waals surface area contributed by atoms with E-state index in [1.165, 1.54) is 0 Å². The summed E-state index contributed by atoms with van der Waals surface area (Å²) < 4.78 is 0. The van der Waals surface area contributed by atoms with Gasteiger partial charge in [-0.05, 0) is 31.6 Å². The highest BCUT2D eigenvalue weighted by Crippen LogP contribution is 2.33. The van der Waals surface area contributed by atoms with Gasteiger partial charge >= 0.3 is 11.9 Å². The number of hydrogen-bond acceptors (Lipinski definition) is 4. The van der Waals surface area contributed by atoms with Crippen LogP contribution in [0.25, 0.3) is 0 Å². The van der Waals surface area contributed by atoms with Crippen LogP contribution in [0.4, 0.5) is 0 Å². The third-order valence-corrected chi connectivity index (χ3v) is 3.37. The van der Waals surface area contributed by atoms with Gasteiger partial charge in [0.2, 0.25) is 0 Å². The third-order valence-electron chi connectivity index (χ3n) is 3.37. The molecule has 0 spiro atoms. The molecule has 0 heterocycles. The molecule has 4 nitrogen and oxygen atoms in total. The molecule has 1 aliphatic carbocycles. The molecule has 0 amide bonds. The minimum atomic E-state index is -0.768. The van der Waals surface area contributed by atoms with E-state index in [1.807, 2.05) is 0 Å². The van der Waals surface area contributed by atoms with Crippen LogP contribution in [-0.2, 0) is 19.4 Å². The highest BCUT2D eigenvalue weighted by molar-refractivity contribution is 5.89. The molecule has 0 N–H and O–H groups in total. The van der Waals surface area contributed by atoms with E-state index in [0.717, 1.165) is 31.8 Å². The van der Waals surface area contributed by atoms with Gasteiger partial charge in [-0.1, -0.05) is 32.4 Å². The lowest BCUT2D eigenvalue weighted by molar-refractivity contribution is -0.251. The second-order valence-corrected chi connectivity index (χ2v) is 4.68. The van der Waals surface area contributed by atoms with Crippen LogP contribution in [0.3, 0.4) is 0 Å². The van der Waals surface area contributed by atoms with Crippen molar-refractivity contribution in [2.75, 3.05) is 0 Å². The second-order valence-electron chi connectivity index (χ2n) is 4.68. The molecule has 18 heavy (non-hydrogen) atoms. The van der Waals surface area contributed by atoms with Crippen LogP contribution in [0, 0.1) is 11.8 Å². The lowest BCUT2D eigenvalue weighted by Crippen LogP contribution is -2.21. The molecule has 4 heteroatoms. The Bertz CT molecular complexity index is 349. The molecule has 1 aliphatic rings. The van der Waals surface area contributed by atoms with Gasteiger partial charge in [-0.3, -0.25) is 0 Å². The van der Waals surface area contributed by atoms with E-state index in [1.54, 1.807) is 13.0 Å². The van der Waals surface area contributed by atoms with Gasteiger partial charge < -0.3 is 0 Å². The molecule has 1 saturated carbocycles. The van der Waals surface area contributed by atoms with Gasteiger partial charge in [-0.15, -0.1) is 0 Å². The quantitative estimate of drug-likeness (QED) is 0.440. The molecule has 100 valence electrons. The molecule has 0 saturated heterocycles. The van der Waals surface area contributed by atoms with Gasteiger partial charge in [-0.2, -0.15) is 0 Å². The number of carbonyl (C=O) groups excluding carboxylic acids is 2. The molecule has 1 rings (SSSR count). The Balaban J connectivity index is 2.53. The largest absolute Gasteiger partial charge is 0.382 e. The summed E-state index contributed by atoms with van der Waals surface area (Å²) >= 11 is 0. The molecule has 0 aromatic rings. The minimum absolute atomic E-state index is 0.209. The lowest BCUT2D eigenvalue weighted by Gasteiger charge is -2.26. The van der Waals surface area contributed by atoms with Crippen LogP contribution in [0.2, 0.25) is 0 Å². The van der Waals surface area contributed by atoms with E-state index < -0.39 is 11.9 Å². The summed E-state index contributed by atoms with van der Waals surface area (Å²) in [6.45, 7) is 7.23. The van der Waals surface area contributed by atoms with Gasteiger partial charge in [0.15, 0.2) is 0 Å². The molecule has 0 aliphatic heterocycles. The Kier molecular flexibility index (Phi) is 5.62. The number of hydrogen-bond donors (Lipinski definition) is 0. The maximum atomic E-state index is 11.8. The fourth-order valence-corrected chi connectivity index (χ4v) is 2.25. The van der Waals surface area contributed by atoms with E-state index in [4.69, 9.17) is 0 Å². The van der Waals surface area contributed by atoms with E-state index >= 15 is 0 Å². The standard InChI is InChI=1S/C14H20O4/c1-4-12(11-8-6-10(3)7-9-11)14(16)18-17-13(15)5-2/h4-5,10-11H,2,6-9H2,1,3H3/b12-4+.